The monoisotopic (exact) mass is 659 g/mol. The predicted octanol–water partition coefficient (Wildman–Crippen LogP) is 13.0. The third-order valence-corrected chi connectivity index (χ3v) is 11.4. The molecule has 9 aromatic heterocycles. The molecule has 0 aromatic carbocycles. The normalized spacial score (nSPS) is 11.6. The van der Waals surface area contributed by atoms with Crippen molar-refractivity contribution in [3.63, 3.8) is 0 Å². The molecule has 5 nitrogen and oxygen atoms in total. The van der Waals surface area contributed by atoms with Crippen LogP contribution in [0.25, 0.3) is 86.7 Å². The van der Waals surface area contributed by atoms with Crippen molar-refractivity contribution in [1.82, 2.24) is 4.98 Å². The first kappa shape index (κ1) is 26.6. The van der Waals surface area contributed by atoms with Crippen LogP contribution in [-0.4, -0.2) is 4.98 Å². The van der Waals surface area contributed by atoms with Gasteiger partial charge in [-0.3, -0.25) is 0 Å². The Bertz CT molecular complexity index is 2180. The number of H-pyrrole nitrogens is 1. The smallest absolute Gasteiger partial charge is 0.170 e. The largest absolute Gasteiger partial charge is 0.452 e. The van der Waals surface area contributed by atoms with Crippen molar-refractivity contribution in [3.05, 3.63) is 120 Å². The second kappa shape index (κ2) is 11.0. The van der Waals surface area contributed by atoms with Crippen LogP contribution in [0.15, 0.2) is 138 Å². The van der Waals surface area contributed by atoms with E-state index in [4.69, 9.17) is 17.7 Å². The summed E-state index contributed by atoms with van der Waals surface area (Å²) in [5, 5.41) is 4.09. The summed E-state index contributed by atoms with van der Waals surface area (Å²) in [7, 11) is 0. The molecule has 9 heteroatoms. The summed E-state index contributed by atoms with van der Waals surface area (Å²) in [5.41, 5.74) is 2.13. The minimum atomic E-state index is 0.717. The van der Waals surface area contributed by atoms with Crippen molar-refractivity contribution in [2.45, 2.75) is 0 Å². The second-order valence-corrected chi connectivity index (χ2v) is 14.3. The Hall–Kier alpha value is -4.80. The molecule has 0 aliphatic heterocycles. The maximum Gasteiger partial charge on any atom is 0.170 e. The quantitative estimate of drug-likeness (QED) is 0.176. The van der Waals surface area contributed by atoms with Crippen molar-refractivity contribution < 1.29 is 17.7 Å². The average Bonchev–Trinajstić information content (AvgIpc) is 3.94. The highest BCUT2D eigenvalue weighted by Gasteiger charge is 2.17. The number of nitrogens with one attached hydrogen (secondary N) is 1. The Morgan fingerprint density at radius 2 is 0.689 bits per heavy atom. The lowest BCUT2D eigenvalue weighted by Crippen LogP contribution is -1.72. The van der Waals surface area contributed by atoms with Crippen LogP contribution < -0.4 is 0 Å². The van der Waals surface area contributed by atoms with Crippen molar-refractivity contribution in [2.24, 2.45) is 0 Å². The number of rotatable bonds is 8. The SMILES string of the molecule is c1csc(-c2ccc(-c3ccc(-c4ccc(-c5ccc(-c6ccc(-c7ccc(-c8ccc(-c9cccs9)o8)o7)s6)[nH]5)s4)o3)o2)c1. The first-order chi connectivity index (χ1) is 22.2. The van der Waals surface area contributed by atoms with Crippen LogP contribution in [0.2, 0.25) is 0 Å². The summed E-state index contributed by atoms with van der Waals surface area (Å²) in [6.45, 7) is 0. The van der Waals surface area contributed by atoms with Crippen LogP contribution >= 0.6 is 45.3 Å². The van der Waals surface area contributed by atoms with Gasteiger partial charge in [0.1, 0.15) is 23.0 Å². The Labute approximate surface area is 273 Å². The van der Waals surface area contributed by atoms with E-state index in [-0.39, 0.29) is 0 Å². The molecule has 45 heavy (non-hydrogen) atoms. The van der Waals surface area contributed by atoms with Crippen LogP contribution in [0.3, 0.4) is 0 Å². The molecule has 0 amide bonds. The third kappa shape index (κ3) is 5.00. The molecule has 0 aliphatic rings. The van der Waals surface area contributed by atoms with Crippen molar-refractivity contribution in [3.8, 4) is 86.7 Å². The summed E-state index contributed by atoms with van der Waals surface area (Å²) < 4.78 is 24.5. The van der Waals surface area contributed by atoms with Gasteiger partial charge in [0.2, 0.25) is 0 Å². The Kier molecular flexibility index (Phi) is 6.48. The van der Waals surface area contributed by atoms with E-state index in [9.17, 15) is 0 Å². The maximum atomic E-state index is 6.20. The van der Waals surface area contributed by atoms with Crippen LogP contribution in [0, 0.1) is 0 Å². The lowest BCUT2D eigenvalue weighted by atomic mass is 10.3. The van der Waals surface area contributed by atoms with Gasteiger partial charge < -0.3 is 22.7 Å². The molecule has 0 atom stereocenters. The van der Waals surface area contributed by atoms with E-state index in [2.05, 4.69) is 53.5 Å². The molecule has 0 saturated heterocycles. The van der Waals surface area contributed by atoms with E-state index in [1.807, 2.05) is 71.4 Å². The minimum Gasteiger partial charge on any atom is -0.452 e. The lowest BCUT2D eigenvalue weighted by Gasteiger charge is -1.95. The zero-order valence-corrected chi connectivity index (χ0v) is 26.6. The van der Waals surface area contributed by atoms with Crippen LogP contribution in [0.4, 0.5) is 0 Å². The summed E-state index contributed by atoms with van der Waals surface area (Å²) in [4.78, 5) is 10.2. The molecule has 1 N–H and O–H groups in total. The first-order valence-electron chi connectivity index (χ1n) is 14.1. The lowest BCUT2D eigenvalue weighted by molar-refractivity contribution is 0.540. The molecule has 0 spiro atoms. The van der Waals surface area contributed by atoms with Crippen molar-refractivity contribution >= 4 is 45.3 Å². The molecule has 0 radical (unpaired) electrons. The predicted molar refractivity (Wildman–Crippen MR) is 185 cm³/mol. The van der Waals surface area contributed by atoms with Gasteiger partial charge in [-0.2, -0.15) is 0 Å². The molecule has 9 rings (SSSR count). The molecular formula is C36H21NO4S4. The van der Waals surface area contributed by atoms with E-state index in [1.165, 1.54) is 0 Å². The maximum absolute atomic E-state index is 6.20. The number of hydrogen-bond donors (Lipinski definition) is 1. The topological polar surface area (TPSA) is 68.3 Å². The number of furan rings is 4. The average molecular weight is 660 g/mol. The zero-order valence-electron chi connectivity index (χ0n) is 23.3. The molecule has 0 unspecified atom stereocenters. The highest BCUT2D eigenvalue weighted by molar-refractivity contribution is 7.19. The fourth-order valence-electron chi connectivity index (χ4n) is 5.16. The van der Waals surface area contributed by atoms with E-state index in [1.54, 1.807) is 45.3 Å². The highest BCUT2D eigenvalue weighted by Crippen LogP contribution is 2.41. The molecule has 0 saturated carbocycles. The van der Waals surface area contributed by atoms with Crippen LogP contribution in [0.1, 0.15) is 0 Å². The Morgan fingerprint density at radius 1 is 0.333 bits per heavy atom. The third-order valence-electron chi connectivity index (χ3n) is 7.35. The van der Waals surface area contributed by atoms with Gasteiger partial charge in [-0.25, -0.2) is 0 Å². The summed E-state index contributed by atoms with van der Waals surface area (Å²) >= 11 is 6.69. The van der Waals surface area contributed by atoms with Gasteiger partial charge in [0.05, 0.1) is 40.7 Å². The number of aromatic amines is 1. The number of hydrogen-bond acceptors (Lipinski definition) is 8. The van der Waals surface area contributed by atoms with E-state index >= 15 is 0 Å². The van der Waals surface area contributed by atoms with Crippen LogP contribution in [-0.2, 0) is 0 Å². The van der Waals surface area contributed by atoms with E-state index in [0.29, 0.717) is 0 Å². The number of thiophene rings is 4. The van der Waals surface area contributed by atoms with Gasteiger partial charge >= 0.3 is 0 Å². The van der Waals surface area contributed by atoms with Gasteiger partial charge in [-0.05, 0) is 108 Å². The fraction of sp³-hybridized carbons (Fsp3) is 0. The number of aromatic nitrogens is 1. The van der Waals surface area contributed by atoms with Crippen molar-refractivity contribution in [2.75, 3.05) is 0 Å². The molecule has 0 fully saturated rings. The van der Waals surface area contributed by atoms with E-state index < -0.39 is 0 Å². The fourth-order valence-corrected chi connectivity index (χ4v) is 8.43. The molecule has 0 bridgehead atoms. The summed E-state index contributed by atoms with van der Waals surface area (Å²) in [5.74, 6) is 6.22. The van der Waals surface area contributed by atoms with Crippen LogP contribution in [0.5, 0.6) is 0 Å². The zero-order chi connectivity index (χ0) is 29.7. The van der Waals surface area contributed by atoms with Gasteiger partial charge in [0.25, 0.3) is 0 Å². The summed E-state index contributed by atoms with van der Waals surface area (Å²) in [6, 6.07) is 36.7. The molecule has 9 aromatic rings. The van der Waals surface area contributed by atoms with E-state index in [0.717, 1.165) is 86.7 Å². The Balaban J connectivity index is 0.908. The highest BCUT2D eigenvalue weighted by atomic mass is 32.1. The molecular weight excluding hydrogens is 639 g/mol. The standard InChI is InChI=1S/C36H21NO4S4/c1-3-33(42-19-1)27-11-7-23(38-27)25-9-13-29(40-25)35-17-15-31(44-35)21-5-6-22(37-21)32-16-18-36(45-32)30-14-10-26(41-30)24-8-12-28(39-24)34-4-2-20-43-34/h1-20,37H. The van der Waals surface area contributed by atoms with Gasteiger partial charge in [-0.15, -0.1) is 45.3 Å². The van der Waals surface area contributed by atoms with Gasteiger partial charge in [0, 0.05) is 0 Å². The first-order valence-corrected chi connectivity index (χ1v) is 17.5. The molecule has 218 valence electrons. The molecule has 0 aliphatic carbocycles. The Morgan fingerprint density at radius 3 is 1.07 bits per heavy atom. The van der Waals surface area contributed by atoms with Crippen molar-refractivity contribution in [1.29, 1.82) is 0 Å². The second-order valence-electron chi connectivity index (χ2n) is 10.2. The molecule has 9 heterocycles. The van der Waals surface area contributed by atoms with Gasteiger partial charge in [0.15, 0.2) is 23.0 Å². The van der Waals surface area contributed by atoms with Gasteiger partial charge in [-0.1, -0.05) is 12.1 Å². The minimum absolute atomic E-state index is 0.717. The summed E-state index contributed by atoms with van der Waals surface area (Å²) in [6.07, 6.45) is 0.